The lowest BCUT2D eigenvalue weighted by molar-refractivity contribution is 0.0741. The number of carbonyl (C=O) groups is 1. The number of rotatable bonds is 4. The van der Waals surface area contributed by atoms with E-state index in [1.165, 1.54) is 13.1 Å². The molecule has 7 nitrogen and oxygen atoms in total. The summed E-state index contributed by atoms with van der Waals surface area (Å²) in [4.78, 5) is 14.3. The van der Waals surface area contributed by atoms with Crippen LogP contribution in [0.2, 0.25) is 0 Å². The lowest BCUT2D eigenvalue weighted by Gasteiger charge is -2.21. The van der Waals surface area contributed by atoms with Crippen LogP contribution >= 0.6 is 12.4 Å². The fourth-order valence-electron chi connectivity index (χ4n) is 2.65. The third-order valence-corrected chi connectivity index (χ3v) is 5.18. The summed E-state index contributed by atoms with van der Waals surface area (Å²) in [5.41, 5.74) is 5.95. The maximum Gasteiger partial charge on any atom is 0.273 e. The van der Waals surface area contributed by atoms with Gasteiger partial charge in [0.15, 0.2) is 0 Å². The third-order valence-electron chi connectivity index (χ3n) is 3.91. The quantitative estimate of drug-likeness (QED) is 0.831. The molecule has 1 aromatic rings. The average molecular weight is 352 g/mol. The first kappa shape index (κ1) is 19.0. The highest BCUT2D eigenvalue weighted by Crippen LogP contribution is 2.27. The van der Waals surface area contributed by atoms with Gasteiger partial charge in [0.1, 0.15) is 5.76 Å². The number of hydrogen-bond acceptors (Lipinski definition) is 5. The van der Waals surface area contributed by atoms with Gasteiger partial charge in [-0.15, -0.1) is 12.4 Å². The number of furan rings is 1. The first-order valence-electron chi connectivity index (χ1n) is 6.85. The number of amides is 1. The van der Waals surface area contributed by atoms with Gasteiger partial charge in [-0.05, 0) is 39.8 Å². The highest BCUT2D eigenvalue weighted by Gasteiger charge is 2.34. The molecule has 0 aromatic carbocycles. The van der Waals surface area contributed by atoms with E-state index in [0.29, 0.717) is 18.8 Å². The maximum atomic E-state index is 12.6. The van der Waals surface area contributed by atoms with Gasteiger partial charge in [-0.1, -0.05) is 0 Å². The molecule has 9 heteroatoms. The molecule has 0 aliphatic carbocycles. The summed E-state index contributed by atoms with van der Waals surface area (Å²) in [6.07, 6.45) is 0.862. The number of nitrogens with two attached hydrogens (primary N) is 1. The minimum Gasteiger partial charge on any atom is -0.448 e. The van der Waals surface area contributed by atoms with E-state index in [0.717, 1.165) is 6.42 Å². The monoisotopic (exact) mass is 351 g/mol. The van der Waals surface area contributed by atoms with Crippen LogP contribution in [0.3, 0.4) is 0 Å². The smallest absolute Gasteiger partial charge is 0.273 e. The second-order valence-corrected chi connectivity index (χ2v) is 7.20. The van der Waals surface area contributed by atoms with Gasteiger partial charge in [-0.2, -0.15) is 0 Å². The Morgan fingerprint density at radius 3 is 2.68 bits per heavy atom. The number of aryl methyl sites for hydroxylation is 1. The predicted octanol–water partition coefficient (Wildman–Crippen LogP) is 0.727. The molecule has 1 aliphatic heterocycles. The van der Waals surface area contributed by atoms with E-state index >= 15 is 0 Å². The zero-order valence-corrected chi connectivity index (χ0v) is 14.5. The Hall–Kier alpha value is -1.09. The van der Waals surface area contributed by atoms with Crippen molar-refractivity contribution in [1.29, 1.82) is 0 Å². The summed E-state index contributed by atoms with van der Waals surface area (Å²) in [5.74, 6) is 0.381. The molecule has 22 heavy (non-hydrogen) atoms. The first-order chi connectivity index (χ1) is 9.80. The fraction of sp³-hybridized carbons (Fsp3) is 0.615. The largest absolute Gasteiger partial charge is 0.448 e. The lowest BCUT2D eigenvalue weighted by atomic mass is 10.1. The van der Waals surface area contributed by atoms with Gasteiger partial charge in [-0.25, -0.2) is 13.1 Å². The Kier molecular flexibility index (Phi) is 6.03. The summed E-state index contributed by atoms with van der Waals surface area (Å²) in [6, 6.07) is 1.37. The Bertz CT molecular complexity index is 644. The first-order valence-corrected chi connectivity index (χ1v) is 8.33. The standard InChI is InChI=1S/C13H21N3O4S.ClH/c1-8-4-10(6-14)7-16(8)13(17)11-5-12(20-9(11)2)21(18,19)15-3;/h5,8,10,15H,4,6-7,14H2,1-3H3;1H. The molecule has 0 spiro atoms. The van der Waals surface area contributed by atoms with E-state index in [1.54, 1.807) is 11.8 Å². The van der Waals surface area contributed by atoms with Gasteiger partial charge in [0.2, 0.25) is 5.09 Å². The topological polar surface area (TPSA) is 106 Å². The molecule has 0 bridgehead atoms. The fourth-order valence-corrected chi connectivity index (χ4v) is 3.36. The van der Waals surface area contributed by atoms with Crippen LogP contribution in [0.25, 0.3) is 0 Å². The lowest BCUT2D eigenvalue weighted by Crippen LogP contribution is -2.34. The third kappa shape index (κ3) is 3.45. The molecule has 1 aromatic heterocycles. The van der Waals surface area contributed by atoms with Gasteiger partial charge >= 0.3 is 0 Å². The highest BCUT2D eigenvalue weighted by atomic mass is 35.5. The summed E-state index contributed by atoms with van der Waals surface area (Å²) >= 11 is 0. The summed E-state index contributed by atoms with van der Waals surface area (Å²) < 4.78 is 30.8. The van der Waals surface area contributed by atoms with E-state index in [9.17, 15) is 13.2 Å². The van der Waals surface area contributed by atoms with Gasteiger partial charge < -0.3 is 15.1 Å². The minimum absolute atomic E-state index is 0. The Morgan fingerprint density at radius 1 is 1.55 bits per heavy atom. The van der Waals surface area contributed by atoms with Gasteiger partial charge in [-0.3, -0.25) is 4.79 Å². The highest BCUT2D eigenvalue weighted by molar-refractivity contribution is 7.89. The van der Waals surface area contributed by atoms with Crippen LogP contribution in [0.15, 0.2) is 15.6 Å². The van der Waals surface area contributed by atoms with Crippen LogP contribution < -0.4 is 10.5 Å². The zero-order chi connectivity index (χ0) is 15.8. The van der Waals surface area contributed by atoms with Crippen molar-refractivity contribution in [2.24, 2.45) is 11.7 Å². The molecule has 0 saturated carbocycles. The van der Waals surface area contributed by atoms with Gasteiger partial charge in [0.25, 0.3) is 15.9 Å². The van der Waals surface area contributed by atoms with Gasteiger partial charge in [0, 0.05) is 18.7 Å². The summed E-state index contributed by atoms with van der Waals surface area (Å²) in [7, 11) is -2.40. The van der Waals surface area contributed by atoms with Crippen molar-refractivity contribution in [3.05, 3.63) is 17.4 Å². The molecule has 2 unspecified atom stereocenters. The molecule has 1 saturated heterocycles. The second-order valence-electron chi connectivity index (χ2n) is 5.39. The molecule has 126 valence electrons. The van der Waals surface area contributed by atoms with Crippen molar-refractivity contribution in [2.45, 2.75) is 31.4 Å². The van der Waals surface area contributed by atoms with E-state index in [2.05, 4.69) is 4.72 Å². The van der Waals surface area contributed by atoms with E-state index in [1.807, 2.05) is 6.92 Å². The van der Waals surface area contributed by atoms with Crippen molar-refractivity contribution in [3.63, 3.8) is 0 Å². The predicted molar refractivity (Wildman–Crippen MR) is 84.6 cm³/mol. The van der Waals surface area contributed by atoms with E-state index in [4.69, 9.17) is 10.2 Å². The van der Waals surface area contributed by atoms with Crippen LogP contribution in [0, 0.1) is 12.8 Å². The number of nitrogens with one attached hydrogen (secondary N) is 1. The van der Waals surface area contributed by atoms with E-state index < -0.39 is 10.0 Å². The molecule has 2 rings (SSSR count). The van der Waals surface area contributed by atoms with Crippen LogP contribution in [0.4, 0.5) is 0 Å². The number of nitrogens with zero attached hydrogens (tertiary/aromatic N) is 1. The normalized spacial score (nSPS) is 21.7. The molecule has 1 amide bonds. The van der Waals surface area contributed by atoms with Crippen LogP contribution in [-0.4, -0.2) is 45.4 Å². The molecule has 2 heterocycles. The summed E-state index contributed by atoms with van der Waals surface area (Å²) in [6.45, 7) is 4.68. The van der Waals surface area contributed by atoms with Gasteiger partial charge in [0.05, 0.1) is 5.56 Å². The SMILES string of the molecule is CNS(=O)(=O)c1cc(C(=O)N2CC(CN)CC2C)c(C)o1.Cl. The molecular weight excluding hydrogens is 330 g/mol. The van der Waals surface area contributed by atoms with Crippen LogP contribution in [0.5, 0.6) is 0 Å². The Morgan fingerprint density at radius 2 is 2.18 bits per heavy atom. The molecule has 0 radical (unpaired) electrons. The Balaban J connectivity index is 0.00000242. The average Bonchev–Trinajstić information content (AvgIpc) is 3.01. The minimum atomic E-state index is -3.69. The number of carbonyl (C=O) groups excluding carboxylic acids is 1. The molecule has 1 aliphatic rings. The van der Waals surface area contributed by atoms with Crippen LogP contribution in [-0.2, 0) is 10.0 Å². The van der Waals surface area contributed by atoms with Crippen LogP contribution in [0.1, 0.15) is 29.5 Å². The molecular formula is C13H22ClN3O4S. The van der Waals surface area contributed by atoms with Crippen molar-refractivity contribution < 1.29 is 17.6 Å². The number of sulfonamides is 1. The number of hydrogen-bond donors (Lipinski definition) is 2. The molecule has 1 fully saturated rings. The zero-order valence-electron chi connectivity index (χ0n) is 12.8. The Labute approximate surface area is 136 Å². The van der Waals surface area contributed by atoms with E-state index in [-0.39, 0.29) is 40.9 Å². The summed E-state index contributed by atoms with van der Waals surface area (Å²) in [5, 5.41) is -0.243. The van der Waals surface area contributed by atoms with Crippen molar-refractivity contribution >= 4 is 28.3 Å². The molecule has 2 atom stereocenters. The van der Waals surface area contributed by atoms with Crippen molar-refractivity contribution in [3.8, 4) is 0 Å². The maximum absolute atomic E-state index is 12.6. The second kappa shape index (κ2) is 6.99. The van der Waals surface area contributed by atoms with Crippen molar-refractivity contribution in [1.82, 2.24) is 9.62 Å². The molecule has 3 N–H and O–H groups in total. The number of halogens is 1. The van der Waals surface area contributed by atoms with Crippen molar-refractivity contribution in [2.75, 3.05) is 20.1 Å². The number of likely N-dealkylation sites (tertiary alicyclic amines) is 1.